The van der Waals surface area contributed by atoms with E-state index in [0.717, 1.165) is 24.1 Å². The second-order valence-electron chi connectivity index (χ2n) is 7.98. The van der Waals surface area contributed by atoms with E-state index in [0.29, 0.717) is 11.8 Å². The number of likely N-dealkylation sites (tertiary alicyclic amines) is 1. The zero-order valence-electron chi connectivity index (χ0n) is 14.7. The first-order chi connectivity index (χ1) is 12.6. The molecule has 1 N–H and O–H groups in total. The molecule has 6 atom stereocenters. The molecule has 0 aromatic heterocycles. The highest BCUT2D eigenvalue weighted by atomic mass is 16.2. The fourth-order valence-corrected chi connectivity index (χ4v) is 5.46. The molecular formula is C21H22N2O3. The van der Waals surface area contributed by atoms with Crippen LogP contribution in [0.25, 0.3) is 0 Å². The Bertz CT molecular complexity index is 809. The highest BCUT2D eigenvalue weighted by Gasteiger charge is 2.67. The molecule has 1 aliphatic heterocycles. The molecule has 1 aromatic rings. The molecule has 2 saturated carbocycles. The summed E-state index contributed by atoms with van der Waals surface area (Å²) in [5.74, 6) is 0.458. The third kappa shape index (κ3) is 2.12. The zero-order valence-corrected chi connectivity index (χ0v) is 14.7. The largest absolute Gasteiger partial charge is 0.324 e. The maximum absolute atomic E-state index is 12.9. The molecule has 4 aliphatic carbocycles. The maximum atomic E-state index is 12.9. The first-order valence-corrected chi connectivity index (χ1v) is 9.51. The van der Waals surface area contributed by atoms with Gasteiger partial charge in [0, 0.05) is 5.69 Å². The summed E-state index contributed by atoms with van der Waals surface area (Å²) in [6, 6.07) is 7.61. The zero-order chi connectivity index (χ0) is 18.0. The summed E-state index contributed by atoms with van der Waals surface area (Å²) in [5, 5.41) is 2.87. The molecule has 134 valence electrons. The number of anilines is 1. The van der Waals surface area contributed by atoms with Crippen LogP contribution in [0.4, 0.5) is 5.69 Å². The quantitative estimate of drug-likeness (QED) is 0.669. The minimum Gasteiger partial charge on any atom is -0.324 e. The Kier molecular flexibility index (Phi) is 3.36. The van der Waals surface area contributed by atoms with Gasteiger partial charge in [0.05, 0.1) is 11.8 Å². The van der Waals surface area contributed by atoms with E-state index >= 15 is 0 Å². The molecule has 0 radical (unpaired) electrons. The Morgan fingerprint density at radius 3 is 2.31 bits per heavy atom. The topological polar surface area (TPSA) is 66.5 Å². The predicted octanol–water partition coefficient (Wildman–Crippen LogP) is 2.24. The van der Waals surface area contributed by atoms with Gasteiger partial charge in [0.1, 0.15) is 6.54 Å². The van der Waals surface area contributed by atoms with Gasteiger partial charge in [-0.05, 0) is 48.1 Å². The van der Waals surface area contributed by atoms with Crippen LogP contribution in [0.15, 0.2) is 36.4 Å². The Morgan fingerprint density at radius 1 is 1.08 bits per heavy atom. The van der Waals surface area contributed by atoms with E-state index in [9.17, 15) is 14.4 Å². The molecule has 26 heavy (non-hydrogen) atoms. The van der Waals surface area contributed by atoms with Crippen molar-refractivity contribution in [1.82, 2.24) is 4.90 Å². The van der Waals surface area contributed by atoms with Gasteiger partial charge in [0.15, 0.2) is 0 Å². The minimum atomic E-state index is -0.309. The van der Waals surface area contributed by atoms with Crippen LogP contribution in [0, 0.1) is 35.5 Å². The highest BCUT2D eigenvalue weighted by Crippen LogP contribution is 2.65. The van der Waals surface area contributed by atoms with E-state index in [1.54, 1.807) is 0 Å². The second-order valence-corrected chi connectivity index (χ2v) is 7.98. The van der Waals surface area contributed by atoms with Crippen molar-refractivity contribution < 1.29 is 14.4 Å². The van der Waals surface area contributed by atoms with E-state index < -0.39 is 0 Å². The Labute approximate surface area is 152 Å². The molecule has 0 unspecified atom stereocenters. The van der Waals surface area contributed by atoms with Gasteiger partial charge in [0.25, 0.3) is 0 Å². The number of aryl methyl sites for hydroxylation is 1. The SMILES string of the molecule is CCc1ccccc1NC(=O)CN1C(=O)[C@@H]2[C@H]3C=C[C@@H]([C@@H]4C[C@H]34)[C@@H]2C1=O. The van der Waals surface area contributed by atoms with Gasteiger partial charge in [-0.1, -0.05) is 37.3 Å². The van der Waals surface area contributed by atoms with E-state index in [4.69, 9.17) is 0 Å². The van der Waals surface area contributed by atoms with Crippen molar-refractivity contribution in [3.05, 3.63) is 42.0 Å². The van der Waals surface area contributed by atoms with Crippen LogP contribution < -0.4 is 5.32 Å². The summed E-state index contributed by atoms with van der Waals surface area (Å²) in [4.78, 5) is 39.5. The number of nitrogens with zero attached hydrogens (tertiary/aromatic N) is 1. The number of carbonyl (C=O) groups excluding carboxylic acids is 3. The lowest BCUT2D eigenvalue weighted by atomic mass is 9.63. The number of benzene rings is 1. The standard InChI is InChI=1S/C21H22N2O3/c1-2-11-5-3-4-6-16(11)22-17(24)10-23-20(25)18-12-7-8-13(15-9-14(12)15)19(18)21(23)26/h3-8,12-15,18-19H,2,9-10H2,1H3,(H,22,24)/t12-,13-,14-,15+,18-,19+/m0/s1. The third-order valence-corrected chi connectivity index (χ3v) is 6.73. The van der Waals surface area contributed by atoms with E-state index in [2.05, 4.69) is 17.5 Å². The summed E-state index contributed by atoms with van der Waals surface area (Å²) in [6.07, 6.45) is 6.24. The summed E-state index contributed by atoms with van der Waals surface area (Å²) in [6.45, 7) is 1.84. The first-order valence-electron chi connectivity index (χ1n) is 9.51. The second kappa shape index (κ2) is 5.53. The first kappa shape index (κ1) is 15.8. The van der Waals surface area contributed by atoms with Crippen molar-refractivity contribution in [2.45, 2.75) is 19.8 Å². The van der Waals surface area contributed by atoms with Crippen molar-refractivity contribution in [1.29, 1.82) is 0 Å². The van der Waals surface area contributed by atoms with Crippen molar-refractivity contribution in [2.75, 3.05) is 11.9 Å². The van der Waals surface area contributed by atoms with E-state index in [1.165, 1.54) is 4.90 Å². The number of nitrogens with one attached hydrogen (secondary N) is 1. The van der Waals surface area contributed by atoms with Crippen LogP contribution >= 0.6 is 0 Å². The molecule has 5 heteroatoms. The number of hydrogen-bond acceptors (Lipinski definition) is 3. The summed E-state index contributed by atoms with van der Waals surface area (Å²) in [7, 11) is 0. The smallest absolute Gasteiger partial charge is 0.244 e. The van der Waals surface area contributed by atoms with Crippen molar-refractivity contribution >= 4 is 23.4 Å². The van der Waals surface area contributed by atoms with Crippen LogP contribution in [-0.2, 0) is 20.8 Å². The third-order valence-electron chi connectivity index (χ3n) is 6.73. The van der Waals surface area contributed by atoms with E-state index in [1.807, 2.05) is 31.2 Å². The number of allylic oxidation sites excluding steroid dienone is 2. The number of para-hydroxylation sites is 1. The molecule has 3 fully saturated rings. The van der Waals surface area contributed by atoms with Gasteiger partial charge in [-0.3, -0.25) is 19.3 Å². The maximum Gasteiger partial charge on any atom is 0.244 e. The predicted molar refractivity (Wildman–Crippen MR) is 95.9 cm³/mol. The number of hydrogen-bond donors (Lipinski definition) is 1. The van der Waals surface area contributed by atoms with Crippen LogP contribution in [-0.4, -0.2) is 29.2 Å². The molecule has 6 rings (SSSR count). The molecular weight excluding hydrogens is 328 g/mol. The van der Waals surface area contributed by atoms with Gasteiger partial charge in [0.2, 0.25) is 17.7 Å². The molecule has 5 aliphatic rings. The van der Waals surface area contributed by atoms with Crippen LogP contribution in [0.1, 0.15) is 18.9 Å². The van der Waals surface area contributed by atoms with E-state index in [-0.39, 0.29) is 47.9 Å². The van der Waals surface area contributed by atoms with Crippen molar-refractivity contribution in [3.8, 4) is 0 Å². The summed E-state index contributed by atoms with van der Waals surface area (Å²) < 4.78 is 0. The van der Waals surface area contributed by atoms with Gasteiger partial charge >= 0.3 is 0 Å². The summed E-state index contributed by atoms with van der Waals surface area (Å²) >= 11 is 0. The lowest BCUT2D eigenvalue weighted by Gasteiger charge is -2.37. The van der Waals surface area contributed by atoms with Crippen LogP contribution in [0.2, 0.25) is 0 Å². The monoisotopic (exact) mass is 350 g/mol. The number of amides is 3. The summed E-state index contributed by atoms with van der Waals surface area (Å²) in [5.41, 5.74) is 1.79. The van der Waals surface area contributed by atoms with Crippen LogP contribution in [0.3, 0.4) is 0 Å². The fourth-order valence-electron chi connectivity index (χ4n) is 5.46. The molecule has 1 heterocycles. The average molecular weight is 350 g/mol. The average Bonchev–Trinajstić information content (AvgIpc) is 3.43. The fraction of sp³-hybridized carbons (Fsp3) is 0.476. The lowest BCUT2D eigenvalue weighted by molar-refractivity contribution is -0.142. The molecule has 1 aromatic carbocycles. The van der Waals surface area contributed by atoms with Gasteiger partial charge < -0.3 is 5.32 Å². The molecule has 3 amide bonds. The molecule has 1 saturated heterocycles. The number of imide groups is 1. The normalized spacial score (nSPS) is 36.1. The van der Waals surface area contributed by atoms with Crippen LogP contribution in [0.5, 0.6) is 0 Å². The van der Waals surface area contributed by atoms with Gasteiger partial charge in [-0.15, -0.1) is 0 Å². The number of carbonyl (C=O) groups is 3. The van der Waals surface area contributed by atoms with Crippen molar-refractivity contribution in [3.63, 3.8) is 0 Å². The van der Waals surface area contributed by atoms with Gasteiger partial charge in [-0.2, -0.15) is 0 Å². The lowest BCUT2D eigenvalue weighted by Crippen LogP contribution is -2.40. The molecule has 5 nitrogen and oxygen atoms in total. The van der Waals surface area contributed by atoms with Gasteiger partial charge in [-0.25, -0.2) is 0 Å². The van der Waals surface area contributed by atoms with Crippen molar-refractivity contribution in [2.24, 2.45) is 35.5 Å². The highest BCUT2D eigenvalue weighted by molar-refractivity contribution is 6.09. The Hall–Kier alpha value is -2.43. The molecule has 0 spiro atoms. The number of rotatable bonds is 4. The Balaban J connectivity index is 1.33. The molecule has 2 bridgehead atoms. The Morgan fingerprint density at radius 2 is 1.69 bits per heavy atom. The minimum absolute atomic E-state index is 0.149.